The molecule has 2 aromatic rings. The molecule has 170 valence electrons. The highest BCUT2D eigenvalue weighted by Gasteiger charge is 2.66. The van der Waals surface area contributed by atoms with Gasteiger partial charge in [-0.25, -0.2) is 0 Å². The lowest BCUT2D eigenvalue weighted by Crippen LogP contribution is -2.37. The number of aliphatic hydroxyl groups is 1. The minimum absolute atomic E-state index is 0.0290. The Morgan fingerprint density at radius 2 is 2.00 bits per heavy atom. The lowest BCUT2D eigenvalue weighted by molar-refractivity contribution is -0.147. The highest BCUT2D eigenvalue weighted by molar-refractivity contribution is 5.66. The van der Waals surface area contributed by atoms with Gasteiger partial charge in [0, 0.05) is 19.8 Å². The second kappa shape index (κ2) is 6.88. The van der Waals surface area contributed by atoms with Crippen LogP contribution in [0.15, 0.2) is 18.2 Å². The van der Waals surface area contributed by atoms with E-state index in [4.69, 9.17) is 14.7 Å². The third kappa shape index (κ3) is 2.94. The first-order valence-electron chi connectivity index (χ1n) is 9.66. The van der Waals surface area contributed by atoms with Gasteiger partial charge < -0.3 is 24.8 Å². The molecule has 2 aliphatic heterocycles. The first kappa shape index (κ1) is 22.0. The molecule has 4 rings (SSSR count). The van der Waals surface area contributed by atoms with E-state index in [-0.39, 0.29) is 36.3 Å². The van der Waals surface area contributed by atoms with Crippen molar-refractivity contribution in [1.82, 2.24) is 4.57 Å². The van der Waals surface area contributed by atoms with E-state index in [9.17, 15) is 33.3 Å². The molecule has 1 saturated heterocycles. The molecule has 0 spiro atoms. The van der Waals surface area contributed by atoms with Crippen LogP contribution < -0.4 is 0 Å². The second-order valence-electron chi connectivity index (χ2n) is 8.10. The highest BCUT2D eigenvalue weighted by Crippen LogP contribution is 2.65. The standard InChI is InChI=1S/C21H19F3N2O6/c1-10(27)31-6-5-20-14(28)8-19(2,32-20)15-16(20)18(30)26(17(15)29)12-4-3-11(9-25)13(7-12)21(22,23)24/h3-4,7,14,28-30H,5-6,8H2,1-2H3/t14-,19+,20-/m1/s1. The zero-order chi connectivity index (χ0) is 23.6. The molecule has 0 saturated carbocycles. The predicted octanol–water partition coefficient (Wildman–Crippen LogP) is 2.94. The highest BCUT2D eigenvalue weighted by atomic mass is 19.4. The molecule has 1 aromatic carbocycles. The number of aromatic nitrogens is 1. The van der Waals surface area contributed by atoms with Gasteiger partial charge in [-0.05, 0) is 25.1 Å². The fourth-order valence-corrected chi connectivity index (χ4v) is 4.80. The Morgan fingerprint density at radius 3 is 2.59 bits per heavy atom. The van der Waals surface area contributed by atoms with Crippen LogP contribution in [-0.2, 0) is 31.6 Å². The number of hydrogen-bond donors (Lipinski definition) is 3. The van der Waals surface area contributed by atoms with E-state index in [1.807, 2.05) is 0 Å². The molecule has 11 heteroatoms. The van der Waals surface area contributed by atoms with Crippen molar-refractivity contribution in [3.05, 3.63) is 40.5 Å². The molecule has 3 heterocycles. The minimum Gasteiger partial charge on any atom is -0.494 e. The van der Waals surface area contributed by atoms with Gasteiger partial charge in [0.2, 0.25) is 11.8 Å². The number of aliphatic hydroxyl groups excluding tert-OH is 1. The number of carbonyl (C=O) groups excluding carboxylic acids is 1. The van der Waals surface area contributed by atoms with Gasteiger partial charge in [-0.1, -0.05) is 0 Å². The third-order valence-electron chi connectivity index (χ3n) is 6.07. The summed E-state index contributed by atoms with van der Waals surface area (Å²) in [5.41, 5.74) is -4.64. The number of aromatic hydroxyl groups is 2. The van der Waals surface area contributed by atoms with Gasteiger partial charge in [0.1, 0.15) is 5.60 Å². The van der Waals surface area contributed by atoms with Crippen LogP contribution in [0.1, 0.15) is 48.9 Å². The van der Waals surface area contributed by atoms with Gasteiger partial charge in [-0.2, -0.15) is 18.4 Å². The maximum Gasteiger partial charge on any atom is 0.417 e. The number of alkyl halides is 3. The lowest BCUT2D eigenvalue weighted by Gasteiger charge is -2.29. The summed E-state index contributed by atoms with van der Waals surface area (Å²) in [5.74, 6) is -1.71. The monoisotopic (exact) mass is 452 g/mol. The van der Waals surface area contributed by atoms with Crippen LogP contribution >= 0.6 is 0 Å². The van der Waals surface area contributed by atoms with E-state index in [0.717, 1.165) is 16.7 Å². The molecule has 1 fully saturated rings. The number of hydrogen-bond acceptors (Lipinski definition) is 7. The number of nitrogens with zero attached hydrogens (tertiary/aromatic N) is 2. The zero-order valence-corrected chi connectivity index (χ0v) is 17.0. The quantitative estimate of drug-likeness (QED) is 0.609. The summed E-state index contributed by atoms with van der Waals surface area (Å²) in [6.45, 7) is 2.64. The fourth-order valence-electron chi connectivity index (χ4n) is 4.80. The van der Waals surface area contributed by atoms with E-state index in [2.05, 4.69) is 0 Å². The summed E-state index contributed by atoms with van der Waals surface area (Å²) in [6, 6.07) is 4.23. The summed E-state index contributed by atoms with van der Waals surface area (Å²) in [6.07, 6.45) is -5.95. The Morgan fingerprint density at radius 1 is 1.34 bits per heavy atom. The number of benzene rings is 1. The van der Waals surface area contributed by atoms with Crippen LogP contribution in [0.5, 0.6) is 11.8 Å². The maximum absolute atomic E-state index is 13.4. The first-order valence-corrected chi connectivity index (χ1v) is 9.66. The van der Waals surface area contributed by atoms with Crippen LogP contribution in [0.25, 0.3) is 5.69 Å². The van der Waals surface area contributed by atoms with E-state index < -0.39 is 52.3 Å². The van der Waals surface area contributed by atoms with Crippen molar-refractivity contribution in [1.29, 1.82) is 5.26 Å². The van der Waals surface area contributed by atoms with Gasteiger partial charge in [-0.15, -0.1) is 0 Å². The Hall–Kier alpha value is -3.23. The summed E-state index contributed by atoms with van der Waals surface area (Å²) in [5, 5.41) is 41.6. The first-order chi connectivity index (χ1) is 14.9. The normalized spacial score (nSPS) is 26.1. The van der Waals surface area contributed by atoms with Gasteiger partial charge in [0.05, 0.1) is 52.3 Å². The van der Waals surface area contributed by atoms with E-state index in [1.54, 1.807) is 6.92 Å². The van der Waals surface area contributed by atoms with Crippen molar-refractivity contribution < 1.29 is 42.8 Å². The predicted molar refractivity (Wildman–Crippen MR) is 101 cm³/mol. The van der Waals surface area contributed by atoms with Crippen molar-refractivity contribution in [2.45, 2.75) is 50.2 Å². The molecule has 3 N–H and O–H groups in total. The van der Waals surface area contributed by atoms with E-state index in [0.29, 0.717) is 6.07 Å². The molecule has 0 amide bonds. The Balaban J connectivity index is 1.89. The van der Waals surface area contributed by atoms with Crippen LogP contribution in [-0.4, -0.2) is 38.6 Å². The van der Waals surface area contributed by atoms with Crippen LogP contribution in [0.3, 0.4) is 0 Å². The zero-order valence-electron chi connectivity index (χ0n) is 17.0. The molecule has 3 atom stereocenters. The molecular weight excluding hydrogens is 433 g/mol. The molecule has 0 aliphatic carbocycles. The van der Waals surface area contributed by atoms with Crippen LogP contribution in [0, 0.1) is 11.3 Å². The number of ether oxygens (including phenoxy) is 2. The van der Waals surface area contributed by atoms with Crippen molar-refractivity contribution in [2.75, 3.05) is 6.61 Å². The van der Waals surface area contributed by atoms with Crippen molar-refractivity contribution in [3.8, 4) is 23.5 Å². The van der Waals surface area contributed by atoms with E-state index in [1.165, 1.54) is 13.0 Å². The van der Waals surface area contributed by atoms with Gasteiger partial charge in [0.15, 0.2) is 0 Å². The fraction of sp³-hybridized carbons (Fsp3) is 0.429. The number of carbonyl (C=O) groups is 1. The van der Waals surface area contributed by atoms with Crippen molar-refractivity contribution in [3.63, 3.8) is 0 Å². The van der Waals surface area contributed by atoms with Crippen LogP contribution in [0.4, 0.5) is 13.2 Å². The maximum atomic E-state index is 13.4. The topological polar surface area (TPSA) is 125 Å². The molecule has 0 radical (unpaired) electrons. The Labute approximate surface area is 180 Å². The summed E-state index contributed by atoms with van der Waals surface area (Å²) >= 11 is 0. The molecule has 8 nitrogen and oxygen atoms in total. The average Bonchev–Trinajstić information content (AvgIpc) is 3.22. The lowest BCUT2D eigenvalue weighted by atomic mass is 9.76. The molecule has 1 aromatic heterocycles. The van der Waals surface area contributed by atoms with Gasteiger partial charge >= 0.3 is 12.1 Å². The van der Waals surface area contributed by atoms with Gasteiger partial charge in [0.25, 0.3) is 0 Å². The van der Waals surface area contributed by atoms with Gasteiger partial charge in [-0.3, -0.25) is 9.36 Å². The number of halogens is 3. The number of nitriles is 1. The largest absolute Gasteiger partial charge is 0.494 e. The molecule has 32 heavy (non-hydrogen) atoms. The number of rotatable bonds is 4. The number of esters is 1. The third-order valence-corrected chi connectivity index (χ3v) is 6.07. The molecule has 2 bridgehead atoms. The van der Waals surface area contributed by atoms with Crippen molar-refractivity contribution in [2.24, 2.45) is 0 Å². The average molecular weight is 452 g/mol. The van der Waals surface area contributed by atoms with Crippen molar-refractivity contribution >= 4 is 5.97 Å². The molecular formula is C21H19F3N2O6. The number of fused-ring (bicyclic) bond motifs is 5. The summed E-state index contributed by atoms with van der Waals surface area (Å²) in [4.78, 5) is 11.2. The molecule has 0 unspecified atom stereocenters. The second-order valence-corrected chi connectivity index (χ2v) is 8.10. The van der Waals surface area contributed by atoms with E-state index >= 15 is 0 Å². The SMILES string of the molecule is CC(=O)OCC[C@@]12O[C@@](C)(C[C@H]1O)c1c2c(O)n(-c2ccc(C#N)c(C(F)(F)F)c2)c1O. The van der Waals surface area contributed by atoms with Crippen LogP contribution in [0.2, 0.25) is 0 Å². The summed E-state index contributed by atoms with van der Waals surface area (Å²) in [7, 11) is 0. The minimum atomic E-state index is -4.84. The Kier molecular flexibility index (Phi) is 4.73. The Bertz CT molecular complexity index is 1170. The summed E-state index contributed by atoms with van der Waals surface area (Å²) < 4.78 is 52.1. The molecule has 2 aliphatic rings. The smallest absolute Gasteiger partial charge is 0.417 e.